The lowest BCUT2D eigenvalue weighted by molar-refractivity contribution is -0.137. The minimum atomic E-state index is -0.678. The van der Waals surface area contributed by atoms with E-state index in [2.05, 4.69) is 31.9 Å². The maximum absolute atomic E-state index is 10.7. The lowest BCUT2D eigenvalue weighted by Gasteiger charge is -2.04. The highest BCUT2D eigenvalue weighted by Gasteiger charge is 2.06. The molecule has 0 saturated heterocycles. The van der Waals surface area contributed by atoms with Crippen molar-refractivity contribution in [3.8, 4) is 5.75 Å². The summed E-state index contributed by atoms with van der Waals surface area (Å²) in [4.78, 5) is 10.7. The Balaban J connectivity index is 2.83. The summed E-state index contributed by atoms with van der Waals surface area (Å²) in [6.45, 7) is -0.623. The summed E-state index contributed by atoms with van der Waals surface area (Å²) in [6, 6.07) is 5.12. The Morgan fingerprint density at radius 3 is 2.69 bits per heavy atom. The number of ether oxygens (including phenoxy) is 1. The maximum atomic E-state index is 10.7. The smallest absolute Gasteiger partial charge is 0.337 e. The molecule has 5 heteroatoms. The highest BCUT2D eigenvalue weighted by molar-refractivity contribution is 9.11. The SMILES string of the molecule is O=C(CO)Oc1ccc(Br)cc1Br. The second-order valence-electron chi connectivity index (χ2n) is 2.21. The molecule has 0 aromatic heterocycles. The van der Waals surface area contributed by atoms with Gasteiger partial charge in [-0.05, 0) is 34.1 Å². The van der Waals surface area contributed by atoms with Gasteiger partial charge in [0.25, 0.3) is 0 Å². The second kappa shape index (κ2) is 4.74. The summed E-state index contributed by atoms with van der Waals surface area (Å²) in [6.07, 6.45) is 0. The average Bonchev–Trinajstić information content (AvgIpc) is 2.09. The second-order valence-corrected chi connectivity index (χ2v) is 3.98. The first kappa shape index (κ1) is 10.7. The van der Waals surface area contributed by atoms with Crippen LogP contribution in [0.4, 0.5) is 0 Å². The monoisotopic (exact) mass is 308 g/mol. The van der Waals surface area contributed by atoms with Crippen molar-refractivity contribution < 1.29 is 14.6 Å². The zero-order chi connectivity index (χ0) is 9.84. The summed E-state index contributed by atoms with van der Waals surface area (Å²) >= 11 is 6.48. The van der Waals surface area contributed by atoms with Crippen LogP contribution in [0.15, 0.2) is 27.1 Å². The van der Waals surface area contributed by atoms with E-state index in [1.54, 1.807) is 18.2 Å². The van der Waals surface area contributed by atoms with Crippen LogP contribution in [0.5, 0.6) is 5.75 Å². The first-order valence-electron chi connectivity index (χ1n) is 3.40. The van der Waals surface area contributed by atoms with Crippen molar-refractivity contribution in [1.82, 2.24) is 0 Å². The van der Waals surface area contributed by atoms with E-state index in [1.807, 2.05) is 0 Å². The van der Waals surface area contributed by atoms with Gasteiger partial charge in [-0.2, -0.15) is 0 Å². The van der Waals surface area contributed by atoms with E-state index in [9.17, 15) is 4.79 Å². The van der Waals surface area contributed by atoms with Crippen LogP contribution in [0.25, 0.3) is 0 Å². The molecule has 0 bridgehead atoms. The Morgan fingerprint density at radius 1 is 1.46 bits per heavy atom. The normalized spacial score (nSPS) is 9.77. The van der Waals surface area contributed by atoms with Gasteiger partial charge in [0.05, 0.1) is 4.47 Å². The standard InChI is InChI=1S/C8H6Br2O3/c9-5-1-2-7(6(10)3-5)13-8(12)4-11/h1-3,11H,4H2. The molecule has 1 aromatic carbocycles. The van der Waals surface area contributed by atoms with E-state index in [4.69, 9.17) is 9.84 Å². The van der Waals surface area contributed by atoms with Crippen LogP contribution < -0.4 is 4.74 Å². The van der Waals surface area contributed by atoms with Crippen molar-refractivity contribution in [2.45, 2.75) is 0 Å². The van der Waals surface area contributed by atoms with Gasteiger partial charge in [0.1, 0.15) is 12.4 Å². The third-order valence-corrected chi connectivity index (χ3v) is 2.36. The molecular weight excluding hydrogens is 304 g/mol. The number of aliphatic hydroxyl groups is 1. The molecule has 0 amide bonds. The lowest BCUT2D eigenvalue weighted by atomic mass is 10.3. The van der Waals surface area contributed by atoms with Gasteiger partial charge >= 0.3 is 5.97 Å². The zero-order valence-corrected chi connectivity index (χ0v) is 9.63. The third-order valence-electron chi connectivity index (χ3n) is 1.25. The van der Waals surface area contributed by atoms with Gasteiger partial charge in [0, 0.05) is 4.47 Å². The van der Waals surface area contributed by atoms with E-state index in [0.29, 0.717) is 10.2 Å². The molecular formula is C8H6Br2O3. The predicted octanol–water partition coefficient (Wildman–Crippen LogP) is 2.11. The highest BCUT2D eigenvalue weighted by atomic mass is 79.9. The van der Waals surface area contributed by atoms with Gasteiger partial charge in [0.2, 0.25) is 0 Å². The number of esters is 1. The quantitative estimate of drug-likeness (QED) is 0.672. The van der Waals surface area contributed by atoms with Crippen LogP contribution in [0.3, 0.4) is 0 Å². The Morgan fingerprint density at radius 2 is 2.15 bits per heavy atom. The first-order chi connectivity index (χ1) is 6.13. The Bertz CT molecular complexity index is 325. The number of hydrogen-bond donors (Lipinski definition) is 1. The zero-order valence-electron chi connectivity index (χ0n) is 6.46. The Hall–Kier alpha value is -0.390. The molecule has 3 nitrogen and oxygen atoms in total. The van der Waals surface area contributed by atoms with E-state index in [1.165, 1.54) is 0 Å². The number of rotatable bonds is 2. The highest BCUT2D eigenvalue weighted by Crippen LogP contribution is 2.28. The van der Waals surface area contributed by atoms with Crippen molar-refractivity contribution in [2.24, 2.45) is 0 Å². The fourth-order valence-electron chi connectivity index (χ4n) is 0.713. The molecule has 0 saturated carbocycles. The summed E-state index contributed by atoms with van der Waals surface area (Å²) in [5.74, 6) is -0.287. The van der Waals surface area contributed by atoms with Crippen molar-refractivity contribution in [3.05, 3.63) is 27.1 Å². The molecule has 0 heterocycles. The van der Waals surface area contributed by atoms with Crippen molar-refractivity contribution in [3.63, 3.8) is 0 Å². The molecule has 0 fully saturated rings. The molecule has 13 heavy (non-hydrogen) atoms. The summed E-state index contributed by atoms with van der Waals surface area (Å²) in [7, 11) is 0. The van der Waals surface area contributed by atoms with Crippen molar-refractivity contribution >= 4 is 37.8 Å². The Kier molecular flexibility index (Phi) is 3.90. The summed E-state index contributed by atoms with van der Waals surface area (Å²) in [5, 5.41) is 8.44. The molecule has 0 spiro atoms. The maximum Gasteiger partial charge on any atom is 0.337 e. The summed E-state index contributed by atoms with van der Waals surface area (Å²) in [5.41, 5.74) is 0. The molecule has 0 radical (unpaired) electrons. The van der Waals surface area contributed by atoms with Crippen LogP contribution in [0.2, 0.25) is 0 Å². The molecule has 70 valence electrons. The molecule has 0 unspecified atom stereocenters. The minimum absolute atomic E-state index is 0.391. The molecule has 0 aliphatic carbocycles. The fourth-order valence-corrected chi connectivity index (χ4v) is 1.84. The van der Waals surface area contributed by atoms with Crippen molar-refractivity contribution in [1.29, 1.82) is 0 Å². The largest absolute Gasteiger partial charge is 0.424 e. The molecule has 0 atom stereocenters. The number of hydrogen-bond acceptors (Lipinski definition) is 3. The summed E-state index contributed by atoms with van der Waals surface area (Å²) < 4.78 is 6.33. The topological polar surface area (TPSA) is 46.5 Å². The van der Waals surface area contributed by atoms with E-state index in [0.717, 1.165) is 4.47 Å². The van der Waals surface area contributed by atoms with Crippen LogP contribution in [-0.2, 0) is 4.79 Å². The molecule has 1 aromatic rings. The molecule has 0 aliphatic heterocycles. The van der Waals surface area contributed by atoms with E-state index < -0.39 is 12.6 Å². The Labute approximate surface area is 92.0 Å². The lowest BCUT2D eigenvalue weighted by Crippen LogP contribution is -2.12. The molecule has 0 aliphatic rings. The van der Waals surface area contributed by atoms with Crippen molar-refractivity contribution in [2.75, 3.05) is 6.61 Å². The number of aliphatic hydroxyl groups excluding tert-OH is 1. The van der Waals surface area contributed by atoms with Gasteiger partial charge in [-0.3, -0.25) is 0 Å². The van der Waals surface area contributed by atoms with Crippen LogP contribution in [0, 0.1) is 0 Å². The molecule has 1 N–H and O–H groups in total. The van der Waals surface area contributed by atoms with Gasteiger partial charge in [-0.1, -0.05) is 15.9 Å². The van der Waals surface area contributed by atoms with Gasteiger partial charge in [-0.25, -0.2) is 4.79 Å². The third kappa shape index (κ3) is 3.10. The number of halogens is 2. The molecule has 1 rings (SSSR count). The fraction of sp³-hybridized carbons (Fsp3) is 0.125. The minimum Gasteiger partial charge on any atom is -0.424 e. The van der Waals surface area contributed by atoms with E-state index in [-0.39, 0.29) is 0 Å². The number of carbonyl (C=O) groups is 1. The van der Waals surface area contributed by atoms with Gasteiger partial charge in [-0.15, -0.1) is 0 Å². The first-order valence-corrected chi connectivity index (χ1v) is 4.98. The van der Waals surface area contributed by atoms with E-state index >= 15 is 0 Å². The predicted molar refractivity (Wildman–Crippen MR) is 54.6 cm³/mol. The average molecular weight is 310 g/mol. The van der Waals surface area contributed by atoms with Gasteiger partial charge < -0.3 is 9.84 Å². The van der Waals surface area contributed by atoms with Crippen LogP contribution in [-0.4, -0.2) is 17.7 Å². The number of carbonyl (C=O) groups excluding carboxylic acids is 1. The van der Waals surface area contributed by atoms with Gasteiger partial charge in [0.15, 0.2) is 0 Å². The number of benzene rings is 1. The van der Waals surface area contributed by atoms with Crippen LogP contribution in [0.1, 0.15) is 0 Å². The van der Waals surface area contributed by atoms with Crippen LogP contribution >= 0.6 is 31.9 Å².